The van der Waals surface area contributed by atoms with Crippen LogP contribution in [0.2, 0.25) is 0 Å². The maximum atomic E-state index is 4.49. The van der Waals surface area contributed by atoms with Crippen molar-refractivity contribution in [3.63, 3.8) is 0 Å². The summed E-state index contributed by atoms with van der Waals surface area (Å²) in [5, 5.41) is 3.13. The van der Waals surface area contributed by atoms with Crippen LogP contribution in [0.1, 0.15) is 16.7 Å². The Kier molecular flexibility index (Phi) is 3.54. The highest BCUT2D eigenvalue weighted by molar-refractivity contribution is 5.58. The predicted molar refractivity (Wildman–Crippen MR) is 82.4 cm³/mol. The minimum Gasteiger partial charge on any atom is -0.373 e. The van der Waals surface area contributed by atoms with E-state index in [-0.39, 0.29) is 0 Å². The molecular weight excluding hydrogens is 248 g/mol. The second-order valence-electron chi connectivity index (χ2n) is 5.18. The van der Waals surface area contributed by atoms with E-state index in [1.54, 1.807) is 6.33 Å². The molecule has 4 heteroatoms. The lowest BCUT2D eigenvalue weighted by Gasteiger charge is -2.23. The molecule has 0 spiro atoms. The van der Waals surface area contributed by atoms with Crippen molar-refractivity contribution in [3.8, 4) is 0 Å². The van der Waals surface area contributed by atoms with Gasteiger partial charge in [-0.1, -0.05) is 24.3 Å². The number of rotatable bonds is 2. The van der Waals surface area contributed by atoms with E-state index in [0.717, 1.165) is 43.1 Å². The summed E-state index contributed by atoms with van der Waals surface area (Å²) in [5.74, 6) is 1.97. The molecule has 0 radical (unpaired) electrons. The third kappa shape index (κ3) is 2.33. The molecule has 2 heterocycles. The lowest BCUT2D eigenvalue weighted by atomic mass is 10.0. The Labute approximate surface area is 119 Å². The normalized spacial score (nSPS) is 14.6. The number of benzene rings is 1. The van der Waals surface area contributed by atoms with Gasteiger partial charge >= 0.3 is 0 Å². The van der Waals surface area contributed by atoms with E-state index in [0.29, 0.717) is 0 Å². The molecule has 0 saturated carbocycles. The minimum absolute atomic E-state index is 0.914. The van der Waals surface area contributed by atoms with Crippen LogP contribution in [-0.4, -0.2) is 30.1 Å². The number of hydrogen-bond donors (Lipinski definition) is 1. The second kappa shape index (κ2) is 5.49. The average Bonchev–Trinajstić information content (AvgIpc) is 2.70. The van der Waals surface area contributed by atoms with Gasteiger partial charge in [-0.2, -0.15) is 0 Å². The van der Waals surface area contributed by atoms with Gasteiger partial charge in [-0.3, -0.25) is 0 Å². The van der Waals surface area contributed by atoms with Crippen molar-refractivity contribution in [2.75, 3.05) is 30.4 Å². The van der Waals surface area contributed by atoms with Crippen LogP contribution in [0.25, 0.3) is 0 Å². The van der Waals surface area contributed by atoms with E-state index < -0.39 is 0 Å². The Hall–Kier alpha value is -2.10. The van der Waals surface area contributed by atoms with Crippen molar-refractivity contribution >= 4 is 11.6 Å². The number of hydrogen-bond acceptors (Lipinski definition) is 4. The molecule has 104 valence electrons. The molecule has 1 aliphatic rings. The SMILES string of the molecule is CNc1ncnc(N2CCc3ccccc3CC2)c1C. The fourth-order valence-electron chi connectivity index (χ4n) is 2.89. The molecule has 0 unspecified atom stereocenters. The third-order valence-corrected chi connectivity index (χ3v) is 4.01. The molecular formula is C16H20N4. The summed E-state index contributed by atoms with van der Waals surface area (Å²) in [4.78, 5) is 11.1. The van der Waals surface area contributed by atoms with Crippen LogP contribution in [0.3, 0.4) is 0 Å². The first-order chi connectivity index (χ1) is 9.79. The highest BCUT2D eigenvalue weighted by Gasteiger charge is 2.17. The van der Waals surface area contributed by atoms with E-state index in [4.69, 9.17) is 0 Å². The Morgan fingerprint density at radius 3 is 2.30 bits per heavy atom. The molecule has 0 bridgehead atoms. The lowest BCUT2D eigenvalue weighted by Crippen LogP contribution is -2.28. The van der Waals surface area contributed by atoms with Crippen LogP contribution >= 0.6 is 0 Å². The van der Waals surface area contributed by atoms with E-state index in [9.17, 15) is 0 Å². The van der Waals surface area contributed by atoms with E-state index in [1.165, 1.54) is 11.1 Å². The Balaban J connectivity index is 1.87. The number of nitrogens with zero attached hydrogens (tertiary/aromatic N) is 3. The molecule has 0 fully saturated rings. The van der Waals surface area contributed by atoms with Crippen molar-refractivity contribution < 1.29 is 0 Å². The quantitative estimate of drug-likeness (QED) is 0.908. The van der Waals surface area contributed by atoms with Gasteiger partial charge in [0.2, 0.25) is 0 Å². The van der Waals surface area contributed by atoms with Crippen LogP contribution < -0.4 is 10.2 Å². The van der Waals surface area contributed by atoms with Crippen LogP contribution in [-0.2, 0) is 12.8 Å². The zero-order valence-corrected chi connectivity index (χ0v) is 12.1. The van der Waals surface area contributed by atoms with Gasteiger partial charge in [0, 0.05) is 25.7 Å². The van der Waals surface area contributed by atoms with Gasteiger partial charge in [0.1, 0.15) is 18.0 Å². The molecule has 20 heavy (non-hydrogen) atoms. The summed E-state index contributed by atoms with van der Waals surface area (Å²) in [7, 11) is 1.90. The molecule has 4 nitrogen and oxygen atoms in total. The average molecular weight is 268 g/mol. The van der Waals surface area contributed by atoms with Crippen LogP contribution in [0.4, 0.5) is 11.6 Å². The zero-order chi connectivity index (χ0) is 13.9. The van der Waals surface area contributed by atoms with Gasteiger partial charge < -0.3 is 10.2 Å². The first-order valence-corrected chi connectivity index (χ1v) is 7.10. The molecule has 1 N–H and O–H groups in total. The van der Waals surface area contributed by atoms with E-state index >= 15 is 0 Å². The van der Waals surface area contributed by atoms with Gasteiger partial charge in [0.15, 0.2) is 0 Å². The van der Waals surface area contributed by atoms with Crippen molar-refractivity contribution in [1.29, 1.82) is 0 Å². The molecule has 0 saturated heterocycles. The lowest BCUT2D eigenvalue weighted by molar-refractivity contribution is 0.784. The fourth-order valence-corrected chi connectivity index (χ4v) is 2.89. The number of aromatic nitrogens is 2. The fraction of sp³-hybridized carbons (Fsp3) is 0.375. The zero-order valence-electron chi connectivity index (χ0n) is 12.1. The maximum Gasteiger partial charge on any atom is 0.137 e. The van der Waals surface area contributed by atoms with E-state index in [2.05, 4.69) is 51.4 Å². The highest BCUT2D eigenvalue weighted by Crippen LogP contribution is 2.24. The van der Waals surface area contributed by atoms with Gasteiger partial charge in [-0.15, -0.1) is 0 Å². The number of anilines is 2. The molecule has 1 aromatic carbocycles. The molecule has 0 aliphatic carbocycles. The Morgan fingerprint density at radius 1 is 1.05 bits per heavy atom. The smallest absolute Gasteiger partial charge is 0.137 e. The minimum atomic E-state index is 0.914. The van der Waals surface area contributed by atoms with E-state index in [1.807, 2.05) is 7.05 Å². The highest BCUT2D eigenvalue weighted by atomic mass is 15.2. The summed E-state index contributed by atoms with van der Waals surface area (Å²) >= 11 is 0. The maximum absolute atomic E-state index is 4.49. The van der Waals surface area contributed by atoms with Crippen molar-refractivity contribution in [3.05, 3.63) is 47.3 Å². The van der Waals surface area contributed by atoms with Crippen LogP contribution in [0, 0.1) is 6.92 Å². The topological polar surface area (TPSA) is 41.1 Å². The monoisotopic (exact) mass is 268 g/mol. The molecule has 1 aromatic heterocycles. The van der Waals surface area contributed by atoms with Crippen molar-refractivity contribution in [2.45, 2.75) is 19.8 Å². The molecule has 1 aliphatic heterocycles. The van der Waals surface area contributed by atoms with Crippen LogP contribution in [0.5, 0.6) is 0 Å². The van der Waals surface area contributed by atoms with Gasteiger partial charge in [0.25, 0.3) is 0 Å². The molecule has 2 aromatic rings. The second-order valence-corrected chi connectivity index (χ2v) is 5.18. The summed E-state index contributed by atoms with van der Waals surface area (Å²) in [6.45, 7) is 4.11. The van der Waals surface area contributed by atoms with Gasteiger partial charge in [-0.05, 0) is 30.9 Å². The Bertz CT molecular complexity index is 582. The van der Waals surface area contributed by atoms with Crippen molar-refractivity contribution in [2.24, 2.45) is 0 Å². The van der Waals surface area contributed by atoms with Gasteiger partial charge in [-0.25, -0.2) is 9.97 Å². The molecule has 0 amide bonds. The largest absolute Gasteiger partial charge is 0.373 e. The first-order valence-electron chi connectivity index (χ1n) is 7.10. The Morgan fingerprint density at radius 2 is 1.70 bits per heavy atom. The number of fused-ring (bicyclic) bond motifs is 1. The summed E-state index contributed by atoms with van der Waals surface area (Å²) in [6.07, 6.45) is 3.80. The third-order valence-electron chi connectivity index (χ3n) is 4.01. The molecule has 0 atom stereocenters. The summed E-state index contributed by atoms with van der Waals surface area (Å²) in [6, 6.07) is 8.74. The summed E-state index contributed by atoms with van der Waals surface area (Å²) < 4.78 is 0. The summed E-state index contributed by atoms with van der Waals surface area (Å²) in [5.41, 5.74) is 4.06. The van der Waals surface area contributed by atoms with Gasteiger partial charge in [0.05, 0.1) is 0 Å². The number of nitrogens with one attached hydrogen (secondary N) is 1. The standard InChI is InChI=1S/C16H20N4/c1-12-15(17-2)18-11-19-16(12)20-9-7-13-5-3-4-6-14(13)8-10-20/h3-6,11H,7-10H2,1-2H3,(H,17,18,19). The first kappa shape index (κ1) is 12.9. The molecule has 3 rings (SSSR count). The van der Waals surface area contributed by atoms with Crippen LogP contribution in [0.15, 0.2) is 30.6 Å². The van der Waals surface area contributed by atoms with Crippen molar-refractivity contribution in [1.82, 2.24) is 9.97 Å². The predicted octanol–water partition coefficient (Wildman–Crippen LogP) is 2.43.